The summed E-state index contributed by atoms with van der Waals surface area (Å²) < 4.78 is 17.2. The maximum Gasteiger partial charge on any atom is 0.334 e. The number of ether oxygens (including phenoxy) is 3. The van der Waals surface area contributed by atoms with Gasteiger partial charge in [-0.15, -0.1) is 0 Å². The normalized spacial score (nSPS) is 46.0. The van der Waals surface area contributed by atoms with Crippen LogP contribution in [0.15, 0.2) is 36.0 Å². The average Bonchev–Trinajstić information content (AvgIpc) is 2.97. The molecule has 1 aliphatic carbocycles. The molecule has 4 nitrogen and oxygen atoms in total. The molecule has 0 aromatic rings. The Morgan fingerprint density at radius 2 is 2.29 bits per heavy atom. The van der Waals surface area contributed by atoms with Crippen molar-refractivity contribution in [2.75, 3.05) is 6.61 Å². The van der Waals surface area contributed by atoms with Crippen LogP contribution in [0.4, 0.5) is 0 Å². The molecule has 0 aromatic carbocycles. The Hall–Kier alpha value is -1.39. The molecule has 0 radical (unpaired) electrons. The van der Waals surface area contributed by atoms with Crippen LogP contribution in [-0.2, 0) is 19.0 Å². The second kappa shape index (κ2) is 5.11. The Morgan fingerprint density at radius 3 is 3.00 bits per heavy atom. The van der Waals surface area contributed by atoms with E-state index in [1.54, 1.807) is 0 Å². The van der Waals surface area contributed by atoms with Crippen molar-refractivity contribution in [1.29, 1.82) is 0 Å². The molecule has 2 heterocycles. The van der Waals surface area contributed by atoms with Gasteiger partial charge < -0.3 is 14.2 Å². The van der Waals surface area contributed by atoms with Gasteiger partial charge in [-0.05, 0) is 26.8 Å². The van der Waals surface area contributed by atoms with Gasteiger partial charge in [0.25, 0.3) is 0 Å². The predicted octanol–water partition coefficient (Wildman–Crippen LogP) is 2.55. The zero-order valence-corrected chi connectivity index (χ0v) is 12.8. The van der Waals surface area contributed by atoms with Gasteiger partial charge in [0.05, 0.1) is 17.6 Å². The first-order valence-electron chi connectivity index (χ1n) is 7.50. The van der Waals surface area contributed by atoms with Crippen LogP contribution in [0.2, 0.25) is 0 Å². The van der Waals surface area contributed by atoms with Gasteiger partial charge in [0.15, 0.2) is 0 Å². The summed E-state index contributed by atoms with van der Waals surface area (Å²) in [7, 11) is 0. The van der Waals surface area contributed by atoms with Gasteiger partial charge in [0.2, 0.25) is 0 Å². The third-order valence-corrected chi connectivity index (χ3v) is 4.55. The van der Waals surface area contributed by atoms with Crippen molar-refractivity contribution in [3.05, 3.63) is 36.0 Å². The van der Waals surface area contributed by atoms with Crippen LogP contribution >= 0.6 is 0 Å². The fourth-order valence-electron chi connectivity index (χ4n) is 3.30. The van der Waals surface area contributed by atoms with Gasteiger partial charge in [-0.3, -0.25) is 0 Å². The van der Waals surface area contributed by atoms with E-state index >= 15 is 0 Å². The molecule has 2 aliphatic heterocycles. The number of rotatable bonds is 2. The van der Waals surface area contributed by atoms with E-state index in [4.69, 9.17) is 14.2 Å². The molecule has 4 heteroatoms. The lowest BCUT2D eigenvalue weighted by Crippen LogP contribution is -2.35. The number of esters is 1. The minimum absolute atomic E-state index is 0.117. The molecule has 0 aromatic heterocycles. The van der Waals surface area contributed by atoms with Gasteiger partial charge in [-0.1, -0.05) is 24.3 Å². The lowest BCUT2D eigenvalue weighted by molar-refractivity contribution is -0.137. The Labute approximate surface area is 125 Å². The second-order valence-corrected chi connectivity index (χ2v) is 6.24. The van der Waals surface area contributed by atoms with E-state index in [9.17, 15) is 4.79 Å². The smallest absolute Gasteiger partial charge is 0.334 e. The predicted molar refractivity (Wildman–Crippen MR) is 78.7 cm³/mol. The van der Waals surface area contributed by atoms with E-state index in [1.807, 2.05) is 26.0 Å². The quantitative estimate of drug-likeness (QED) is 0.445. The summed E-state index contributed by atoms with van der Waals surface area (Å²) in [5, 5.41) is 0. The molecule has 2 fully saturated rings. The van der Waals surface area contributed by atoms with Crippen molar-refractivity contribution >= 4 is 5.97 Å². The highest BCUT2D eigenvalue weighted by molar-refractivity contribution is 5.91. The Bertz CT molecular complexity index is 533. The molecule has 3 aliphatic rings. The zero-order valence-electron chi connectivity index (χ0n) is 12.8. The first-order valence-corrected chi connectivity index (χ1v) is 7.50. The molecule has 0 saturated carbocycles. The molecular weight excluding hydrogens is 268 g/mol. The van der Waals surface area contributed by atoms with E-state index in [2.05, 4.69) is 19.6 Å². The third kappa shape index (κ3) is 2.58. The van der Waals surface area contributed by atoms with Crippen molar-refractivity contribution in [1.82, 2.24) is 0 Å². The van der Waals surface area contributed by atoms with Crippen molar-refractivity contribution in [3.8, 4) is 0 Å². The lowest BCUT2D eigenvalue weighted by Gasteiger charge is -2.27. The maximum absolute atomic E-state index is 11.9. The van der Waals surface area contributed by atoms with E-state index in [0.717, 1.165) is 12.0 Å². The van der Waals surface area contributed by atoms with Crippen LogP contribution in [0.25, 0.3) is 0 Å². The first-order chi connectivity index (χ1) is 9.94. The molecule has 114 valence electrons. The van der Waals surface area contributed by atoms with Crippen molar-refractivity contribution < 1.29 is 19.0 Å². The van der Waals surface area contributed by atoms with E-state index < -0.39 is 0 Å². The molecular formula is C17H22O4. The monoisotopic (exact) mass is 290 g/mol. The van der Waals surface area contributed by atoms with Crippen LogP contribution in [0.3, 0.4) is 0 Å². The SMILES string of the molecule is C=C1C(=O)O[C@H]2/C=C(C)\C=C/[C@H]3O[C@]3(C)C[C@@H](OCC)[C@@H]12. The van der Waals surface area contributed by atoms with Crippen molar-refractivity contribution in [3.63, 3.8) is 0 Å². The minimum atomic E-state index is -0.319. The van der Waals surface area contributed by atoms with E-state index in [-0.39, 0.29) is 35.8 Å². The molecule has 3 rings (SSSR count). The van der Waals surface area contributed by atoms with E-state index in [1.165, 1.54) is 0 Å². The molecule has 0 N–H and O–H groups in total. The number of fused-ring (bicyclic) bond motifs is 2. The summed E-state index contributed by atoms with van der Waals surface area (Å²) in [4.78, 5) is 11.9. The third-order valence-electron chi connectivity index (χ3n) is 4.55. The van der Waals surface area contributed by atoms with Crippen LogP contribution < -0.4 is 0 Å². The fraction of sp³-hybridized carbons (Fsp3) is 0.588. The van der Waals surface area contributed by atoms with E-state index in [0.29, 0.717) is 12.2 Å². The highest BCUT2D eigenvalue weighted by Gasteiger charge is 2.55. The molecule has 0 bridgehead atoms. The number of epoxide rings is 1. The second-order valence-electron chi connectivity index (χ2n) is 6.24. The van der Waals surface area contributed by atoms with Gasteiger partial charge in [-0.25, -0.2) is 4.79 Å². The summed E-state index contributed by atoms with van der Waals surface area (Å²) in [5.74, 6) is -0.457. The highest BCUT2D eigenvalue weighted by atomic mass is 16.6. The Balaban J connectivity index is 1.97. The van der Waals surface area contributed by atoms with Gasteiger partial charge in [0.1, 0.15) is 12.2 Å². The molecule has 2 saturated heterocycles. The van der Waals surface area contributed by atoms with Crippen molar-refractivity contribution in [2.45, 2.75) is 51.1 Å². The topological polar surface area (TPSA) is 48.1 Å². The van der Waals surface area contributed by atoms with Crippen LogP contribution in [0.5, 0.6) is 0 Å². The number of carbonyl (C=O) groups excluding carboxylic acids is 1. The minimum Gasteiger partial charge on any atom is -0.454 e. The zero-order chi connectivity index (χ0) is 15.2. The average molecular weight is 290 g/mol. The first kappa shape index (κ1) is 14.5. The van der Waals surface area contributed by atoms with Crippen LogP contribution in [-0.4, -0.2) is 36.5 Å². The summed E-state index contributed by atoms with van der Waals surface area (Å²) in [5.41, 5.74) is 1.35. The standard InChI is InChI=1S/C17H22O4/c1-5-19-13-9-17(4)14(21-17)7-6-10(2)8-12-15(13)11(3)16(18)20-12/h6-8,12-15H,3,5,9H2,1-2,4H3/b7-6-,10-8-/t12-,13+,14+,15-,17+/m0/s1. The summed E-state index contributed by atoms with van der Waals surface area (Å²) in [6, 6.07) is 0. The number of hydrogen-bond donors (Lipinski definition) is 0. The summed E-state index contributed by atoms with van der Waals surface area (Å²) in [6.45, 7) is 10.6. The van der Waals surface area contributed by atoms with Crippen molar-refractivity contribution in [2.24, 2.45) is 5.92 Å². The van der Waals surface area contributed by atoms with Gasteiger partial charge in [0, 0.05) is 18.6 Å². The molecule has 0 spiro atoms. The largest absolute Gasteiger partial charge is 0.454 e. The van der Waals surface area contributed by atoms with Crippen LogP contribution in [0, 0.1) is 5.92 Å². The Morgan fingerprint density at radius 1 is 1.52 bits per heavy atom. The molecule has 21 heavy (non-hydrogen) atoms. The highest BCUT2D eigenvalue weighted by Crippen LogP contribution is 2.46. The molecule has 0 amide bonds. The number of allylic oxidation sites excluding steroid dienone is 2. The van der Waals surface area contributed by atoms with Crippen LogP contribution in [0.1, 0.15) is 27.2 Å². The Kier molecular flexibility index (Phi) is 3.54. The summed E-state index contributed by atoms with van der Waals surface area (Å²) >= 11 is 0. The van der Waals surface area contributed by atoms with Gasteiger partial charge >= 0.3 is 5.97 Å². The van der Waals surface area contributed by atoms with Gasteiger partial charge in [-0.2, -0.15) is 0 Å². The summed E-state index contributed by atoms with van der Waals surface area (Å²) in [6.07, 6.45) is 6.51. The fourth-order valence-corrected chi connectivity index (χ4v) is 3.30. The molecule has 5 atom stereocenters. The lowest BCUT2D eigenvalue weighted by atomic mass is 9.83. The maximum atomic E-state index is 11.9. The molecule has 0 unspecified atom stereocenters. The number of hydrogen-bond acceptors (Lipinski definition) is 4. The number of carbonyl (C=O) groups is 1.